The first-order chi connectivity index (χ1) is 15.5. The van der Waals surface area contributed by atoms with Crippen LogP contribution in [0.2, 0.25) is 0 Å². The summed E-state index contributed by atoms with van der Waals surface area (Å²) in [6, 6.07) is 23.0. The summed E-state index contributed by atoms with van der Waals surface area (Å²) in [5, 5.41) is 1.05. The molecule has 0 aliphatic carbocycles. The fourth-order valence-corrected chi connectivity index (χ4v) is 3.78. The lowest BCUT2D eigenvalue weighted by atomic mass is 10.1. The zero-order chi connectivity index (χ0) is 22.7. The van der Waals surface area contributed by atoms with Crippen LogP contribution in [0, 0.1) is 13.8 Å². The Morgan fingerprint density at radius 2 is 1.70 bits per heavy atom. The summed E-state index contributed by atoms with van der Waals surface area (Å²) in [6.45, 7) is 4.40. The van der Waals surface area contributed by atoms with Crippen molar-refractivity contribution in [2.45, 2.75) is 27.8 Å². The molecule has 0 bridgehead atoms. The van der Waals surface area contributed by atoms with Gasteiger partial charge >= 0.3 is 0 Å². The first kappa shape index (κ1) is 23.8. The number of amides is 1. The number of carbonyl (C=O) groups is 1. The van der Waals surface area contributed by atoms with E-state index in [0.29, 0.717) is 29.3 Å². The fraction of sp³-hybridized carbons (Fsp3) is 0.214. The number of fused-ring (bicyclic) bond motifs is 1. The van der Waals surface area contributed by atoms with Gasteiger partial charge in [-0.1, -0.05) is 37.8 Å². The highest BCUT2D eigenvalue weighted by molar-refractivity contribution is 6.07. The van der Waals surface area contributed by atoms with Gasteiger partial charge in [0.15, 0.2) is 0 Å². The second kappa shape index (κ2) is 10.2. The monoisotopic (exact) mass is 442 g/mol. The average Bonchev–Trinajstić information content (AvgIpc) is 2.82. The molecule has 0 saturated carbocycles. The van der Waals surface area contributed by atoms with E-state index in [0.717, 1.165) is 22.2 Å². The first-order valence-electron chi connectivity index (χ1n) is 10.5. The number of carbonyl (C=O) groups excluding carboxylic acids is 1. The largest absolute Gasteiger partial charge is 0.497 e. The Morgan fingerprint density at radius 1 is 0.909 bits per heavy atom. The number of aromatic nitrogens is 1. The van der Waals surface area contributed by atoms with Crippen molar-refractivity contribution in [2.75, 3.05) is 19.1 Å². The molecule has 33 heavy (non-hydrogen) atoms. The Hall–Kier alpha value is -3.86. The number of rotatable bonds is 6. The molecule has 0 unspecified atom stereocenters. The van der Waals surface area contributed by atoms with Crippen LogP contribution >= 0.6 is 0 Å². The molecule has 170 valence electrons. The Labute approximate surface area is 195 Å². The molecule has 0 atom stereocenters. The van der Waals surface area contributed by atoms with Crippen molar-refractivity contribution in [3.8, 4) is 11.5 Å². The minimum atomic E-state index is -0.142. The van der Waals surface area contributed by atoms with Crippen molar-refractivity contribution in [3.63, 3.8) is 0 Å². The maximum absolute atomic E-state index is 13.7. The topological polar surface area (TPSA) is 51.7 Å². The summed E-state index contributed by atoms with van der Waals surface area (Å²) < 4.78 is 10.9. The summed E-state index contributed by atoms with van der Waals surface area (Å²) in [6.07, 6.45) is 0. The highest BCUT2D eigenvalue weighted by atomic mass is 16.5. The number of pyridine rings is 1. The van der Waals surface area contributed by atoms with E-state index in [1.807, 2.05) is 43.3 Å². The summed E-state index contributed by atoms with van der Waals surface area (Å²) in [5.41, 5.74) is 5.23. The Morgan fingerprint density at radius 3 is 2.45 bits per heavy atom. The smallest absolute Gasteiger partial charge is 0.258 e. The van der Waals surface area contributed by atoms with E-state index in [4.69, 9.17) is 14.5 Å². The molecule has 3 aromatic carbocycles. The lowest BCUT2D eigenvalue weighted by Gasteiger charge is -2.26. The van der Waals surface area contributed by atoms with Gasteiger partial charge in [-0.25, -0.2) is 0 Å². The average molecular weight is 443 g/mol. The molecule has 0 aliphatic rings. The maximum Gasteiger partial charge on any atom is 0.258 e. The molecule has 5 nitrogen and oxygen atoms in total. The fourth-order valence-electron chi connectivity index (χ4n) is 3.78. The number of hydrogen-bond donors (Lipinski definition) is 0. The predicted octanol–water partition coefficient (Wildman–Crippen LogP) is 6.35. The normalized spacial score (nSPS) is 10.4. The van der Waals surface area contributed by atoms with Crippen LogP contribution in [0.3, 0.4) is 0 Å². The van der Waals surface area contributed by atoms with Crippen molar-refractivity contribution in [1.82, 2.24) is 4.98 Å². The van der Waals surface area contributed by atoms with E-state index in [9.17, 15) is 4.79 Å². The van der Waals surface area contributed by atoms with Gasteiger partial charge in [0, 0.05) is 16.6 Å². The molecule has 1 heterocycles. The molecule has 1 amide bonds. The predicted molar refractivity (Wildman–Crippen MR) is 134 cm³/mol. The standard InChI is InChI=1S/C27H26N2O3.CH4/c1-18-12-13-20-15-22(19(2)28-24(20)14-18)17-29(25-10-5-6-11-26(25)32-4)27(30)21-8-7-9-23(16-21)31-3;/h5-16H,17H2,1-4H3;1H4. The first-order valence-corrected chi connectivity index (χ1v) is 10.5. The quantitative estimate of drug-likeness (QED) is 0.349. The molecule has 0 fully saturated rings. The van der Waals surface area contributed by atoms with Gasteiger partial charge in [0.1, 0.15) is 11.5 Å². The molecule has 0 radical (unpaired) electrons. The van der Waals surface area contributed by atoms with Crippen LogP contribution in [0.1, 0.15) is 34.6 Å². The van der Waals surface area contributed by atoms with E-state index in [1.54, 1.807) is 31.3 Å². The Balaban J connectivity index is 0.00000306. The summed E-state index contributed by atoms with van der Waals surface area (Å²) in [4.78, 5) is 20.2. The van der Waals surface area contributed by atoms with Crippen molar-refractivity contribution >= 4 is 22.5 Å². The lowest BCUT2D eigenvalue weighted by Crippen LogP contribution is -2.31. The van der Waals surface area contributed by atoms with Crippen LogP contribution in [-0.4, -0.2) is 25.1 Å². The highest BCUT2D eigenvalue weighted by Crippen LogP contribution is 2.32. The van der Waals surface area contributed by atoms with E-state index < -0.39 is 0 Å². The number of nitrogens with zero attached hydrogens (tertiary/aromatic N) is 2. The van der Waals surface area contributed by atoms with Crippen molar-refractivity contribution in [2.24, 2.45) is 0 Å². The second-order valence-electron chi connectivity index (χ2n) is 7.72. The van der Waals surface area contributed by atoms with Crippen molar-refractivity contribution < 1.29 is 14.3 Å². The highest BCUT2D eigenvalue weighted by Gasteiger charge is 2.23. The molecule has 0 saturated heterocycles. The molecule has 1 aromatic heterocycles. The van der Waals surface area contributed by atoms with Crippen LogP contribution in [0.15, 0.2) is 72.8 Å². The zero-order valence-electron chi connectivity index (χ0n) is 18.8. The number of ether oxygens (including phenoxy) is 2. The summed E-state index contributed by atoms with van der Waals surface area (Å²) in [7, 11) is 3.20. The molecule has 4 rings (SSSR count). The molecule has 0 aliphatic heterocycles. The van der Waals surface area contributed by atoms with E-state index in [1.165, 1.54) is 5.56 Å². The van der Waals surface area contributed by atoms with Crippen LogP contribution in [0.5, 0.6) is 11.5 Å². The minimum Gasteiger partial charge on any atom is -0.497 e. The van der Waals surface area contributed by atoms with Crippen molar-refractivity contribution in [1.29, 1.82) is 0 Å². The molecular weight excluding hydrogens is 412 g/mol. The van der Waals surface area contributed by atoms with Crippen molar-refractivity contribution in [3.05, 3.63) is 95.2 Å². The number of hydrogen-bond acceptors (Lipinski definition) is 4. The van der Waals surface area contributed by atoms with Crippen LogP contribution in [0.25, 0.3) is 10.9 Å². The van der Waals surface area contributed by atoms with E-state index in [-0.39, 0.29) is 13.3 Å². The third-order valence-corrected chi connectivity index (χ3v) is 5.53. The lowest BCUT2D eigenvalue weighted by molar-refractivity contribution is 0.0984. The van der Waals surface area contributed by atoms with E-state index >= 15 is 0 Å². The van der Waals surface area contributed by atoms with Crippen LogP contribution < -0.4 is 14.4 Å². The van der Waals surface area contributed by atoms with Gasteiger partial charge in [-0.05, 0) is 67.4 Å². The number of para-hydroxylation sites is 2. The Kier molecular flexibility index (Phi) is 7.34. The summed E-state index contributed by atoms with van der Waals surface area (Å²) in [5.74, 6) is 1.12. The van der Waals surface area contributed by atoms with Crippen LogP contribution in [0.4, 0.5) is 5.69 Å². The van der Waals surface area contributed by atoms with Gasteiger partial charge < -0.3 is 14.4 Å². The van der Waals surface area contributed by atoms with Gasteiger partial charge in [-0.15, -0.1) is 0 Å². The molecule has 0 N–H and O–H groups in total. The van der Waals surface area contributed by atoms with Gasteiger partial charge in [0.05, 0.1) is 32.0 Å². The van der Waals surface area contributed by atoms with Gasteiger partial charge in [-0.2, -0.15) is 0 Å². The van der Waals surface area contributed by atoms with Gasteiger partial charge in [0.2, 0.25) is 0 Å². The minimum absolute atomic E-state index is 0. The molecule has 4 aromatic rings. The molecule has 5 heteroatoms. The molecule has 0 spiro atoms. The third kappa shape index (κ3) is 4.98. The summed E-state index contributed by atoms with van der Waals surface area (Å²) >= 11 is 0. The van der Waals surface area contributed by atoms with E-state index in [2.05, 4.69) is 31.2 Å². The number of aryl methyl sites for hydroxylation is 2. The van der Waals surface area contributed by atoms with Gasteiger partial charge in [0.25, 0.3) is 5.91 Å². The SMILES string of the molecule is C.COc1cccc(C(=O)N(Cc2cc3ccc(C)cc3nc2C)c2ccccc2OC)c1. The maximum atomic E-state index is 13.7. The number of methoxy groups -OCH3 is 2. The third-order valence-electron chi connectivity index (χ3n) is 5.53. The molecular formula is C28H30N2O3. The number of benzene rings is 3. The Bertz CT molecular complexity index is 1280. The van der Waals surface area contributed by atoms with Gasteiger partial charge in [-0.3, -0.25) is 9.78 Å². The number of anilines is 1. The second-order valence-corrected chi connectivity index (χ2v) is 7.72. The zero-order valence-corrected chi connectivity index (χ0v) is 18.8. The van der Waals surface area contributed by atoms with Crippen LogP contribution in [-0.2, 0) is 6.54 Å².